The Kier molecular flexibility index (Phi) is 4.01. The summed E-state index contributed by atoms with van der Waals surface area (Å²) in [5, 5.41) is -0.203. The Morgan fingerprint density at radius 1 is 1.21 bits per heavy atom. The molecular formula is C12H6BrClF3NO. The second-order valence-corrected chi connectivity index (χ2v) is 4.80. The quantitative estimate of drug-likeness (QED) is 0.731. The van der Waals surface area contributed by atoms with E-state index in [-0.39, 0.29) is 10.9 Å². The van der Waals surface area contributed by atoms with E-state index in [1.54, 1.807) is 24.3 Å². The van der Waals surface area contributed by atoms with Gasteiger partial charge in [-0.25, -0.2) is 4.98 Å². The lowest BCUT2D eigenvalue weighted by Crippen LogP contribution is -2.05. The molecular weight excluding hydrogens is 346 g/mol. The number of halogens is 5. The van der Waals surface area contributed by atoms with Crippen LogP contribution in [0.3, 0.4) is 0 Å². The monoisotopic (exact) mass is 351 g/mol. The fourth-order valence-corrected chi connectivity index (χ4v) is 1.86. The molecule has 0 radical (unpaired) electrons. The summed E-state index contributed by atoms with van der Waals surface area (Å²) in [5.74, 6) is 0.332. The van der Waals surface area contributed by atoms with Gasteiger partial charge in [-0.2, -0.15) is 13.2 Å². The molecule has 0 amide bonds. The van der Waals surface area contributed by atoms with E-state index in [1.165, 1.54) is 0 Å². The van der Waals surface area contributed by atoms with E-state index < -0.39 is 11.7 Å². The molecule has 0 N–H and O–H groups in total. The molecule has 1 heterocycles. The first kappa shape index (κ1) is 14.1. The summed E-state index contributed by atoms with van der Waals surface area (Å²) in [7, 11) is 0. The van der Waals surface area contributed by atoms with Gasteiger partial charge in [0.2, 0.25) is 5.88 Å². The van der Waals surface area contributed by atoms with Crippen LogP contribution in [0.25, 0.3) is 0 Å². The van der Waals surface area contributed by atoms with Crippen molar-refractivity contribution in [2.45, 2.75) is 6.18 Å². The second kappa shape index (κ2) is 5.38. The maximum Gasteiger partial charge on any atom is 0.417 e. The lowest BCUT2D eigenvalue weighted by atomic mass is 10.3. The lowest BCUT2D eigenvalue weighted by molar-refractivity contribution is -0.137. The van der Waals surface area contributed by atoms with E-state index in [0.29, 0.717) is 16.4 Å². The molecule has 0 fully saturated rings. The van der Waals surface area contributed by atoms with Crippen LogP contribution in [0.2, 0.25) is 5.02 Å². The molecule has 0 saturated heterocycles. The Labute approximate surface area is 120 Å². The third-order valence-electron chi connectivity index (χ3n) is 2.18. The largest absolute Gasteiger partial charge is 0.436 e. The zero-order chi connectivity index (χ0) is 14.0. The molecule has 7 heteroatoms. The number of benzene rings is 1. The van der Waals surface area contributed by atoms with Crippen molar-refractivity contribution in [1.82, 2.24) is 4.98 Å². The van der Waals surface area contributed by atoms with Gasteiger partial charge in [-0.1, -0.05) is 23.7 Å². The summed E-state index contributed by atoms with van der Waals surface area (Å²) in [5.41, 5.74) is -0.919. The van der Waals surface area contributed by atoms with Crippen molar-refractivity contribution in [3.05, 3.63) is 51.6 Å². The van der Waals surface area contributed by atoms with Gasteiger partial charge >= 0.3 is 6.18 Å². The smallest absolute Gasteiger partial charge is 0.417 e. The Balaban J connectivity index is 2.30. The van der Waals surface area contributed by atoms with Gasteiger partial charge < -0.3 is 4.74 Å². The fourth-order valence-electron chi connectivity index (χ4n) is 1.29. The maximum absolute atomic E-state index is 12.4. The van der Waals surface area contributed by atoms with E-state index in [4.69, 9.17) is 16.3 Å². The fraction of sp³-hybridized carbons (Fsp3) is 0.0833. The molecule has 2 nitrogen and oxygen atoms in total. The molecule has 0 spiro atoms. The lowest BCUT2D eigenvalue weighted by Gasteiger charge is -2.10. The van der Waals surface area contributed by atoms with Crippen LogP contribution in [0.1, 0.15) is 5.56 Å². The van der Waals surface area contributed by atoms with E-state index in [2.05, 4.69) is 20.9 Å². The van der Waals surface area contributed by atoms with Crippen LogP contribution in [-0.2, 0) is 6.18 Å². The third-order valence-corrected chi connectivity index (χ3v) is 3.10. The van der Waals surface area contributed by atoms with Gasteiger partial charge in [-0.15, -0.1) is 0 Å². The molecule has 1 aromatic heterocycles. The number of hydrogen-bond acceptors (Lipinski definition) is 2. The highest BCUT2D eigenvalue weighted by Gasteiger charge is 2.31. The number of para-hydroxylation sites is 1. The predicted molar refractivity (Wildman–Crippen MR) is 68.5 cm³/mol. The van der Waals surface area contributed by atoms with Gasteiger partial charge in [-0.3, -0.25) is 0 Å². The summed E-state index contributed by atoms with van der Waals surface area (Å²) in [6, 6.07) is 7.64. The van der Waals surface area contributed by atoms with Crippen LogP contribution in [0.4, 0.5) is 13.2 Å². The molecule has 0 atom stereocenters. The summed E-state index contributed by atoms with van der Waals surface area (Å²) >= 11 is 8.98. The van der Waals surface area contributed by atoms with Crippen LogP contribution >= 0.6 is 27.5 Å². The van der Waals surface area contributed by atoms with Crippen molar-refractivity contribution in [3.8, 4) is 11.6 Å². The average molecular weight is 353 g/mol. The van der Waals surface area contributed by atoms with Gasteiger partial charge in [0.25, 0.3) is 0 Å². The van der Waals surface area contributed by atoms with Crippen LogP contribution in [0.5, 0.6) is 11.6 Å². The summed E-state index contributed by atoms with van der Waals surface area (Å²) in [6.45, 7) is 0. The normalized spacial score (nSPS) is 11.4. The molecule has 0 unspecified atom stereocenters. The molecule has 0 aliphatic heterocycles. The summed E-state index contributed by atoms with van der Waals surface area (Å²) < 4.78 is 43.3. The van der Waals surface area contributed by atoms with Crippen molar-refractivity contribution >= 4 is 27.5 Å². The minimum absolute atomic E-state index is 0.0819. The Bertz CT molecular complexity index is 604. The topological polar surface area (TPSA) is 22.1 Å². The molecule has 0 bridgehead atoms. The van der Waals surface area contributed by atoms with E-state index in [1.807, 2.05) is 0 Å². The van der Waals surface area contributed by atoms with Crippen molar-refractivity contribution in [2.24, 2.45) is 0 Å². The first-order valence-electron chi connectivity index (χ1n) is 5.03. The number of pyridine rings is 1. The molecule has 100 valence electrons. The number of alkyl halides is 3. The molecule has 2 aromatic rings. The van der Waals surface area contributed by atoms with Crippen molar-refractivity contribution in [3.63, 3.8) is 0 Å². The van der Waals surface area contributed by atoms with E-state index in [9.17, 15) is 13.2 Å². The van der Waals surface area contributed by atoms with Crippen molar-refractivity contribution in [1.29, 1.82) is 0 Å². The number of ether oxygens (including phenoxy) is 1. The second-order valence-electron chi connectivity index (χ2n) is 3.54. The summed E-state index contributed by atoms with van der Waals surface area (Å²) in [6.07, 6.45) is -3.81. The minimum atomic E-state index is -4.48. The van der Waals surface area contributed by atoms with Crippen LogP contribution in [0.15, 0.2) is 41.0 Å². The molecule has 19 heavy (non-hydrogen) atoms. The number of rotatable bonds is 2. The van der Waals surface area contributed by atoms with E-state index in [0.717, 1.165) is 6.07 Å². The number of hydrogen-bond donors (Lipinski definition) is 0. The van der Waals surface area contributed by atoms with Crippen LogP contribution in [0, 0.1) is 0 Å². The minimum Gasteiger partial charge on any atom is -0.436 e. The van der Waals surface area contributed by atoms with Crippen molar-refractivity contribution in [2.75, 3.05) is 0 Å². The van der Waals surface area contributed by atoms with Gasteiger partial charge in [-0.05, 0) is 34.1 Å². The molecule has 2 rings (SSSR count). The molecule has 1 aromatic carbocycles. The first-order chi connectivity index (χ1) is 8.88. The van der Waals surface area contributed by atoms with Gasteiger partial charge in [0.1, 0.15) is 10.8 Å². The van der Waals surface area contributed by atoms with Crippen LogP contribution in [-0.4, -0.2) is 4.98 Å². The maximum atomic E-state index is 12.4. The average Bonchev–Trinajstić information content (AvgIpc) is 2.33. The molecule has 0 aliphatic rings. The highest BCUT2D eigenvalue weighted by molar-refractivity contribution is 9.10. The molecule has 0 saturated carbocycles. The van der Waals surface area contributed by atoms with Gasteiger partial charge in [0, 0.05) is 6.20 Å². The van der Waals surface area contributed by atoms with E-state index >= 15 is 0 Å². The molecule has 0 aliphatic carbocycles. The Hall–Kier alpha value is -1.27. The number of aromatic nitrogens is 1. The van der Waals surface area contributed by atoms with Crippen LogP contribution < -0.4 is 4.74 Å². The van der Waals surface area contributed by atoms with Gasteiger partial charge in [0.05, 0.1) is 10.0 Å². The highest BCUT2D eigenvalue weighted by Crippen LogP contribution is 2.36. The zero-order valence-electron chi connectivity index (χ0n) is 9.21. The summed E-state index contributed by atoms with van der Waals surface area (Å²) in [4.78, 5) is 3.59. The SMILES string of the molecule is FC(F)(F)c1cnc(Oc2ccccc2Br)c(Cl)c1. The first-order valence-corrected chi connectivity index (χ1v) is 6.20. The Morgan fingerprint density at radius 3 is 2.47 bits per heavy atom. The Morgan fingerprint density at radius 2 is 1.89 bits per heavy atom. The highest BCUT2D eigenvalue weighted by atomic mass is 79.9. The predicted octanol–water partition coefficient (Wildman–Crippen LogP) is 5.31. The standard InChI is InChI=1S/C12H6BrClF3NO/c13-8-3-1-2-4-10(8)19-11-9(14)5-7(6-18-11)12(15,16)17/h1-6H. The number of nitrogens with zero attached hydrogens (tertiary/aromatic N) is 1. The third kappa shape index (κ3) is 3.39. The zero-order valence-corrected chi connectivity index (χ0v) is 11.6. The van der Waals surface area contributed by atoms with Gasteiger partial charge in [0.15, 0.2) is 0 Å². The van der Waals surface area contributed by atoms with Crippen molar-refractivity contribution < 1.29 is 17.9 Å².